The third-order valence-corrected chi connectivity index (χ3v) is 2.10. The number of carbonyl (C=O) groups is 2. The van der Waals surface area contributed by atoms with Crippen molar-refractivity contribution in [1.29, 1.82) is 0 Å². The van der Waals surface area contributed by atoms with Gasteiger partial charge in [0.15, 0.2) is 0 Å². The van der Waals surface area contributed by atoms with E-state index in [1.807, 2.05) is 0 Å². The first-order chi connectivity index (χ1) is 5.88. The van der Waals surface area contributed by atoms with Gasteiger partial charge < -0.3 is 9.47 Å². The summed E-state index contributed by atoms with van der Waals surface area (Å²) in [7, 11) is 0. The molecule has 68 valence electrons. The molecule has 0 amide bonds. The molecular formula is C8H12O4. The van der Waals surface area contributed by atoms with Crippen LogP contribution in [0.2, 0.25) is 0 Å². The molecule has 0 aromatic rings. The van der Waals surface area contributed by atoms with Gasteiger partial charge in [-0.3, -0.25) is 9.59 Å². The monoisotopic (exact) mass is 172 g/mol. The van der Waals surface area contributed by atoms with E-state index in [-0.39, 0.29) is 12.2 Å². The van der Waals surface area contributed by atoms with Crippen molar-refractivity contribution < 1.29 is 19.1 Å². The number of carbonyl (C=O) groups excluding carboxylic acids is 2. The van der Waals surface area contributed by atoms with Gasteiger partial charge in [0.1, 0.15) is 12.2 Å². The second-order valence-corrected chi connectivity index (χ2v) is 2.83. The molecule has 1 aliphatic rings. The Kier molecular flexibility index (Phi) is 3.57. The Labute approximate surface area is 70.8 Å². The number of rotatable bonds is 4. The van der Waals surface area contributed by atoms with Crippen LogP contribution < -0.4 is 0 Å². The summed E-state index contributed by atoms with van der Waals surface area (Å²) in [6.45, 7) is 0.828. The SMILES string of the molecule is O=CO[C@H]1CCCC[C@H]1OC=O. The van der Waals surface area contributed by atoms with Crippen LogP contribution in [0.3, 0.4) is 0 Å². The van der Waals surface area contributed by atoms with Crippen molar-refractivity contribution in [2.75, 3.05) is 0 Å². The highest BCUT2D eigenvalue weighted by molar-refractivity contribution is 5.39. The highest BCUT2D eigenvalue weighted by atomic mass is 16.6. The molecule has 12 heavy (non-hydrogen) atoms. The van der Waals surface area contributed by atoms with Crippen LogP contribution in [0.15, 0.2) is 0 Å². The van der Waals surface area contributed by atoms with Gasteiger partial charge in [-0.25, -0.2) is 0 Å². The summed E-state index contributed by atoms with van der Waals surface area (Å²) < 4.78 is 9.57. The Morgan fingerprint density at radius 3 is 1.67 bits per heavy atom. The van der Waals surface area contributed by atoms with Crippen molar-refractivity contribution in [2.45, 2.75) is 37.9 Å². The minimum atomic E-state index is -0.235. The third kappa shape index (κ3) is 2.22. The maximum atomic E-state index is 10.1. The van der Waals surface area contributed by atoms with Crippen LogP contribution in [0.4, 0.5) is 0 Å². The molecule has 1 saturated carbocycles. The van der Waals surface area contributed by atoms with Gasteiger partial charge in [0.05, 0.1) is 0 Å². The van der Waals surface area contributed by atoms with Gasteiger partial charge in [-0.15, -0.1) is 0 Å². The van der Waals surface area contributed by atoms with Gasteiger partial charge >= 0.3 is 0 Å². The lowest BCUT2D eigenvalue weighted by atomic mass is 9.95. The van der Waals surface area contributed by atoms with Crippen molar-refractivity contribution in [3.05, 3.63) is 0 Å². The Bertz CT molecular complexity index is 139. The minimum absolute atomic E-state index is 0.235. The molecule has 1 fully saturated rings. The molecule has 4 heteroatoms. The lowest BCUT2D eigenvalue weighted by molar-refractivity contribution is -0.154. The smallest absolute Gasteiger partial charge is 0.293 e. The van der Waals surface area contributed by atoms with Crippen molar-refractivity contribution >= 4 is 12.9 Å². The van der Waals surface area contributed by atoms with Gasteiger partial charge in [0.2, 0.25) is 0 Å². The zero-order valence-corrected chi connectivity index (χ0v) is 6.77. The van der Waals surface area contributed by atoms with Gasteiger partial charge in [0, 0.05) is 0 Å². The van der Waals surface area contributed by atoms with Crippen LogP contribution in [0.1, 0.15) is 25.7 Å². The van der Waals surface area contributed by atoms with Crippen LogP contribution in [-0.4, -0.2) is 25.2 Å². The predicted octanol–water partition coefficient (Wildman–Crippen LogP) is 0.644. The van der Waals surface area contributed by atoms with Crippen molar-refractivity contribution in [3.8, 4) is 0 Å². The molecule has 4 nitrogen and oxygen atoms in total. The molecule has 0 saturated heterocycles. The Hall–Kier alpha value is -1.06. The van der Waals surface area contributed by atoms with Crippen molar-refractivity contribution in [1.82, 2.24) is 0 Å². The average molecular weight is 172 g/mol. The molecular weight excluding hydrogens is 160 g/mol. The van der Waals surface area contributed by atoms with Crippen LogP contribution in [0.5, 0.6) is 0 Å². The fourth-order valence-electron chi connectivity index (χ4n) is 1.52. The molecule has 1 aliphatic carbocycles. The van der Waals surface area contributed by atoms with Crippen LogP contribution in [-0.2, 0) is 19.1 Å². The van der Waals surface area contributed by atoms with Crippen molar-refractivity contribution in [2.24, 2.45) is 0 Å². The highest BCUT2D eigenvalue weighted by Gasteiger charge is 2.27. The van der Waals surface area contributed by atoms with E-state index in [9.17, 15) is 9.59 Å². The molecule has 0 N–H and O–H groups in total. The van der Waals surface area contributed by atoms with E-state index in [1.165, 1.54) is 0 Å². The first kappa shape index (κ1) is 9.03. The molecule has 2 atom stereocenters. The van der Waals surface area contributed by atoms with E-state index in [2.05, 4.69) is 0 Å². The Morgan fingerprint density at radius 1 is 0.917 bits per heavy atom. The van der Waals surface area contributed by atoms with E-state index >= 15 is 0 Å². The molecule has 0 bridgehead atoms. The van der Waals surface area contributed by atoms with Gasteiger partial charge in [-0.05, 0) is 25.7 Å². The lowest BCUT2D eigenvalue weighted by Crippen LogP contribution is -2.34. The summed E-state index contributed by atoms with van der Waals surface area (Å²) >= 11 is 0. The van der Waals surface area contributed by atoms with E-state index in [0.717, 1.165) is 25.7 Å². The molecule has 0 aromatic heterocycles. The van der Waals surface area contributed by atoms with Gasteiger partial charge in [-0.2, -0.15) is 0 Å². The molecule has 0 spiro atoms. The summed E-state index contributed by atoms with van der Waals surface area (Å²) in [4.78, 5) is 20.1. The molecule has 0 radical (unpaired) electrons. The fraction of sp³-hybridized carbons (Fsp3) is 0.750. The Morgan fingerprint density at radius 2 is 1.33 bits per heavy atom. The molecule has 0 aliphatic heterocycles. The largest absolute Gasteiger partial charge is 0.461 e. The average Bonchev–Trinajstić information content (AvgIpc) is 2.09. The minimum Gasteiger partial charge on any atom is -0.461 e. The first-order valence-electron chi connectivity index (χ1n) is 4.06. The van der Waals surface area contributed by atoms with E-state index in [4.69, 9.17) is 9.47 Å². The van der Waals surface area contributed by atoms with Crippen LogP contribution in [0, 0.1) is 0 Å². The molecule has 1 rings (SSSR count). The van der Waals surface area contributed by atoms with Crippen molar-refractivity contribution in [3.63, 3.8) is 0 Å². The van der Waals surface area contributed by atoms with Gasteiger partial charge in [0.25, 0.3) is 12.9 Å². The summed E-state index contributed by atoms with van der Waals surface area (Å²) in [5, 5.41) is 0. The normalized spacial score (nSPS) is 29.0. The number of hydrogen-bond donors (Lipinski definition) is 0. The summed E-state index contributed by atoms with van der Waals surface area (Å²) in [5.74, 6) is 0. The number of hydrogen-bond acceptors (Lipinski definition) is 4. The third-order valence-electron chi connectivity index (χ3n) is 2.10. The second kappa shape index (κ2) is 4.74. The zero-order chi connectivity index (χ0) is 8.81. The summed E-state index contributed by atoms with van der Waals surface area (Å²) in [6.07, 6.45) is 3.16. The standard InChI is InChI=1S/C8H12O4/c9-5-11-7-3-1-2-4-8(7)12-6-10/h5-8H,1-4H2/t7-,8+. The second-order valence-electron chi connectivity index (χ2n) is 2.83. The van der Waals surface area contributed by atoms with Crippen LogP contribution >= 0.6 is 0 Å². The predicted molar refractivity (Wildman–Crippen MR) is 40.3 cm³/mol. The van der Waals surface area contributed by atoms with E-state index < -0.39 is 0 Å². The topological polar surface area (TPSA) is 52.6 Å². The fourth-order valence-corrected chi connectivity index (χ4v) is 1.52. The highest BCUT2D eigenvalue weighted by Crippen LogP contribution is 2.22. The molecule has 0 heterocycles. The summed E-state index contributed by atoms with van der Waals surface area (Å²) in [6, 6.07) is 0. The molecule has 0 unspecified atom stereocenters. The quantitative estimate of drug-likeness (QED) is 0.584. The first-order valence-corrected chi connectivity index (χ1v) is 4.06. The van der Waals surface area contributed by atoms with Gasteiger partial charge in [-0.1, -0.05) is 0 Å². The summed E-state index contributed by atoms with van der Waals surface area (Å²) in [5.41, 5.74) is 0. The zero-order valence-electron chi connectivity index (χ0n) is 6.77. The number of ether oxygens (including phenoxy) is 2. The van der Waals surface area contributed by atoms with E-state index in [1.54, 1.807) is 0 Å². The van der Waals surface area contributed by atoms with E-state index in [0.29, 0.717) is 12.9 Å². The Balaban J connectivity index is 2.41. The molecule has 0 aromatic carbocycles. The maximum Gasteiger partial charge on any atom is 0.293 e. The van der Waals surface area contributed by atoms with Crippen LogP contribution in [0.25, 0.3) is 0 Å². The lowest BCUT2D eigenvalue weighted by Gasteiger charge is -2.27. The maximum absolute atomic E-state index is 10.1.